The quantitative estimate of drug-likeness (QED) is 0.848. The van der Waals surface area contributed by atoms with Crippen molar-refractivity contribution in [1.82, 2.24) is 14.9 Å². The molecule has 0 saturated heterocycles. The maximum Gasteiger partial charge on any atom is 0.257 e. The van der Waals surface area contributed by atoms with Crippen LogP contribution in [0.4, 0.5) is 5.95 Å². The molecule has 0 fully saturated rings. The number of nitrogen functional groups attached to an aromatic ring is 1. The minimum absolute atomic E-state index is 0.0165. The van der Waals surface area contributed by atoms with Gasteiger partial charge in [0.05, 0.1) is 11.3 Å². The van der Waals surface area contributed by atoms with Gasteiger partial charge in [0.1, 0.15) is 0 Å². The first kappa shape index (κ1) is 17.9. The molecule has 2 aromatic rings. The Kier molecular flexibility index (Phi) is 6.29. The molecule has 5 heteroatoms. The number of aryl methyl sites for hydroxylation is 1. The summed E-state index contributed by atoms with van der Waals surface area (Å²) in [5, 5.41) is 0. The predicted molar refractivity (Wildman–Crippen MR) is 96.7 cm³/mol. The van der Waals surface area contributed by atoms with Crippen molar-refractivity contribution in [2.75, 3.05) is 12.3 Å². The van der Waals surface area contributed by atoms with E-state index in [0.29, 0.717) is 17.8 Å². The molecule has 0 unspecified atom stereocenters. The lowest BCUT2D eigenvalue weighted by Crippen LogP contribution is -2.41. The molecule has 0 saturated carbocycles. The fourth-order valence-corrected chi connectivity index (χ4v) is 2.92. The number of nitrogens with zero attached hydrogens (tertiary/aromatic N) is 3. The molecule has 128 valence electrons. The van der Waals surface area contributed by atoms with Crippen LogP contribution in [0, 0.1) is 6.92 Å². The van der Waals surface area contributed by atoms with Crippen molar-refractivity contribution in [2.24, 2.45) is 0 Å². The lowest BCUT2D eigenvalue weighted by atomic mass is 10.1. The molecule has 5 nitrogen and oxygen atoms in total. The number of nitrogens with two attached hydrogens (primary N) is 1. The van der Waals surface area contributed by atoms with E-state index >= 15 is 0 Å². The molecule has 2 N–H and O–H groups in total. The van der Waals surface area contributed by atoms with Crippen LogP contribution in [-0.2, 0) is 6.42 Å². The van der Waals surface area contributed by atoms with E-state index in [1.54, 1.807) is 6.92 Å². The fraction of sp³-hybridized carbons (Fsp3) is 0.421. The summed E-state index contributed by atoms with van der Waals surface area (Å²) in [4.78, 5) is 23.1. The highest BCUT2D eigenvalue weighted by Gasteiger charge is 2.24. The van der Waals surface area contributed by atoms with Gasteiger partial charge < -0.3 is 10.6 Å². The van der Waals surface area contributed by atoms with E-state index in [1.165, 1.54) is 11.8 Å². The molecule has 24 heavy (non-hydrogen) atoms. The van der Waals surface area contributed by atoms with E-state index in [4.69, 9.17) is 5.73 Å². The van der Waals surface area contributed by atoms with Crippen molar-refractivity contribution in [3.8, 4) is 0 Å². The largest absolute Gasteiger partial charge is 0.368 e. The van der Waals surface area contributed by atoms with Gasteiger partial charge in [-0.2, -0.15) is 0 Å². The van der Waals surface area contributed by atoms with Gasteiger partial charge in [-0.05, 0) is 31.7 Å². The number of amides is 1. The SMILES string of the molecule is CCC(CC)N(CCc1ccccc1)C(=O)c1cnc(N)nc1C. The van der Waals surface area contributed by atoms with Crippen molar-refractivity contribution in [3.63, 3.8) is 0 Å². The molecular weight excluding hydrogens is 300 g/mol. The van der Waals surface area contributed by atoms with Crippen molar-refractivity contribution in [2.45, 2.75) is 46.1 Å². The Hall–Kier alpha value is -2.43. The fourth-order valence-electron chi connectivity index (χ4n) is 2.92. The van der Waals surface area contributed by atoms with Gasteiger partial charge >= 0.3 is 0 Å². The third kappa shape index (κ3) is 4.31. The Bertz CT molecular complexity index is 668. The second kappa shape index (κ2) is 8.43. The van der Waals surface area contributed by atoms with Crippen molar-refractivity contribution in [1.29, 1.82) is 0 Å². The van der Waals surface area contributed by atoms with Gasteiger partial charge in [0.2, 0.25) is 5.95 Å². The molecule has 0 atom stereocenters. The van der Waals surface area contributed by atoms with Gasteiger partial charge in [0, 0.05) is 18.8 Å². The van der Waals surface area contributed by atoms with Crippen LogP contribution < -0.4 is 5.73 Å². The number of rotatable bonds is 7. The molecule has 1 heterocycles. The Morgan fingerprint density at radius 1 is 1.21 bits per heavy atom. The number of hydrogen-bond donors (Lipinski definition) is 1. The summed E-state index contributed by atoms with van der Waals surface area (Å²) in [6.07, 6.45) is 4.22. The third-order valence-corrected chi connectivity index (χ3v) is 4.36. The Balaban J connectivity index is 2.23. The summed E-state index contributed by atoms with van der Waals surface area (Å²) in [7, 11) is 0. The van der Waals surface area contributed by atoms with Crippen molar-refractivity contribution >= 4 is 11.9 Å². The van der Waals surface area contributed by atoms with Gasteiger partial charge in [-0.25, -0.2) is 9.97 Å². The van der Waals surface area contributed by atoms with Crippen LogP contribution in [-0.4, -0.2) is 33.4 Å². The average molecular weight is 326 g/mol. The average Bonchev–Trinajstić information content (AvgIpc) is 2.59. The molecule has 0 aliphatic carbocycles. The maximum atomic E-state index is 13.1. The van der Waals surface area contributed by atoms with E-state index in [-0.39, 0.29) is 17.9 Å². The van der Waals surface area contributed by atoms with Gasteiger partial charge in [-0.3, -0.25) is 4.79 Å². The zero-order valence-corrected chi connectivity index (χ0v) is 14.7. The van der Waals surface area contributed by atoms with Crippen molar-refractivity contribution < 1.29 is 4.79 Å². The second-order valence-electron chi connectivity index (χ2n) is 5.93. The van der Waals surface area contributed by atoms with Crippen LogP contribution in [0.5, 0.6) is 0 Å². The van der Waals surface area contributed by atoms with Gasteiger partial charge in [-0.1, -0.05) is 44.2 Å². The zero-order valence-electron chi connectivity index (χ0n) is 14.7. The Morgan fingerprint density at radius 2 is 1.88 bits per heavy atom. The maximum absolute atomic E-state index is 13.1. The molecule has 0 radical (unpaired) electrons. The van der Waals surface area contributed by atoms with E-state index in [2.05, 4.69) is 35.9 Å². The number of carbonyl (C=O) groups excluding carboxylic acids is 1. The second-order valence-corrected chi connectivity index (χ2v) is 5.93. The van der Waals surface area contributed by atoms with E-state index in [1.807, 2.05) is 23.1 Å². The first-order chi connectivity index (χ1) is 11.6. The molecule has 0 aliphatic rings. The smallest absolute Gasteiger partial charge is 0.257 e. The number of anilines is 1. The number of aromatic nitrogens is 2. The molecule has 1 aromatic carbocycles. The monoisotopic (exact) mass is 326 g/mol. The summed E-state index contributed by atoms with van der Waals surface area (Å²) >= 11 is 0. The van der Waals surface area contributed by atoms with Crippen LogP contribution >= 0.6 is 0 Å². The van der Waals surface area contributed by atoms with Crippen LogP contribution in [0.25, 0.3) is 0 Å². The van der Waals surface area contributed by atoms with E-state index in [9.17, 15) is 4.79 Å². The Labute approximate surface area is 143 Å². The molecule has 0 aliphatic heterocycles. The number of hydrogen-bond acceptors (Lipinski definition) is 4. The molecule has 0 spiro atoms. The highest BCUT2D eigenvalue weighted by Crippen LogP contribution is 2.16. The highest BCUT2D eigenvalue weighted by molar-refractivity contribution is 5.95. The summed E-state index contributed by atoms with van der Waals surface area (Å²) < 4.78 is 0. The first-order valence-electron chi connectivity index (χ1n) is 8.50. The molecule has 2 rings (SSSR count). The van der Waals surface area contributed by atoms with Crippen LogP contribution in [0.2, 0.25) is 0 Å². The van der Waals surface area contributed by atoms with Crippen molar-refractivity contribution in [3.05, 3.63) is 53.3 Å². The first-order valence-corrected chi connectivity index (χ1v) is 8.50. The standard InChI is InChI=1S/C19H26N4O/c1-4-16(5-2)23(12-11-15-9-7-6-8-10-15)18(24)17-13-21-19(20)22-14(17)3/h6-10,13,16H,4-5,11-12H2,1-3H3,(H2,20,21,22). The lowest BCUT2D eigenvalue weighted by molar-refractivity contribution is 0.0668. The number of carbonyl (C=O) groups is 1. The third-order valence-electron chi connectivity index (χ3n) is 4.36. The molecular formula is C19H26N4O. The number of benzene rings is 1. The topological polar surface area (TPSA) is 72.1 Å². The highest BCUT2D eigenvalue weighted by atomic mass is 16.2. The predicted octanol–water partition coefficient (Wildman–Crippen LogP) is 3.24. The normalized spacial score (nSPS) is 10.8. The van der Waals surface area contributed by atoms with Crippen LogP contribution in [0.15, 0.2) is 36.5 Å². The molecule has 0 bridgehead atoms. The summed E-state index contributed by atoms with van der Waals surface area (Å²) in [5.41, 5.74) is 7.99. The van der Waals surface area contributed by atoms with Gasteiger partial charge in [0.25, 0.3) is 5.91 Å². The minimum atomic E-state index is -0.0165. The summed E-state index contributed by atoms with van der Waals surface area (Å²) in [6, 6.07) is 10.4. The molecule has 1 amide bonds. The molecule has 1 aromatic heterocycles. The zero-order chi connectivity index (χ0) is 17.5. The lowest BCUT2D eigenvalue weighted by Gasteiger charge is -2.31. The van der Waals surface area contributed by atoms with Gasteiger partial charge in [-0.15, -0.1) is 0 Å². The summed E-state index contributed by atoms with van der Waals surface area (Å²) in [5.74, 6) is 0.180. The Morgan fingerprint density at radius 3 is 2.46 bits per heavy atom. The van der Waals surface area contributed by atoms with E-state index < -0.39 is 0 Å². The van der Waals surface area contributed by atoms with Crippen LogP contribution in [0.3, 0.4) is 0 Å². The van der Waals surface area contributed by atoms with Crippen LogP contribution in [0.1, 0.15) is 48.3 Å². The van der Waals surface area contributed by atoms with Gasteiger partial charge in [0.15, 0.2) is 0 Å². The minimum Gasteiger partial charge on any atom is -0.368 e. The summed E-state index contributed by atoms with van der Waals surface area (Å²) in [6.45, 7) is 6.71. The van der Waals surface area contributed by atoms with E-state index in [0.717, 1.165) is 19.3 Å².